The van der Waals surface area contributed by atoms with Crippen LogP contribution in [0.1, 0.15) is 17.5 Å². The Morgan fingerprint density at radius 2 is 1.52 bits per heavy atom. The van der Waals surface area contributed by atoms with Crippen LogP contribution in [-0.2, 0) is 19.5 Å². The van der Waals surface area contributed by atoms with Gasteiger partial charge in [-0.3, -0.25) is 4.57 Å². The molecule has 4 heteroatoms. The van der Waals surface area contributed by atoms with Gasteiger partial charge in [-0.2, -0.15) is 0 Å². The Balaban J connectivity index is 2.28. The van der Waals surface area contributed by atoms with Gasteiger partial charge in [0.2, 0.25) is 8.46 Å². The highest BCUT2D eigenvalue weighted by atomic mass is 31.1. The normalized spacial score (nSPS) is 24.2. The molecule has 2 aromatic rings. The molecule has 0 bridgehead atoms. The Bertz CT molecular complexity index is 575. The molecule has 0 aromatic heterocycles. The summed E-state index contributed by atoms with van der Waals surface area (Å²) in [7, 11) is 1.39. The summed E-state index contributed by atoms with van der Waals surface area (Å²) in [6.07, 6.45) is 0.726. The van der Waals surface area contributed by atoms with Gasteiger partial charge >= 0.3 is 0 Å². The van der Waals surface area contributed by atoms with Gasteiger partial charge in [0.05, 0.1) is 12.0 Å². The first-order valence-corrected chi connectivity index (χ1v) is 7.75. The van der Waals surface area contributed by atoms with E-state index in [1.165, 1.54) is 0 Å². The number of rotatable bonds is 4. The van der Waals surface area contributed by atoms with E-state index in [0.717, 1.165) is 17.5 Å². The molecule has 0 N–H and O–H groups in total. The fraction of sp³-hybridized carbons (Fsp3) is 0.294. The third-order valence-electron chi connectivity index (χ3n) is 4.24. The number of hydrogen-bond acceptors (Lipinski definition) is 3. The Morgan fingerprint density at radius 1 is 1.00 bits per heavy atom. The highest BCUT2D eigenvalue weighted by Crippen LogP contribution is 2.55. The molecule has 1 saturated heterocycles. The fourth-order valence-corrected chi connectivity index (χ4v) is 4.01. The number of hydrogen-bond donors (Lipinski definition) is 0. The molecular weight excluding hydrogens is 283 g/mol. The molecule has 3 rings (SSSR count). The van der Waals surface area contributed by atoms with E-state index in [2.05, 4.69) is 0 Å². The maximum absolute atomic E-state index is 12.0. The van der Waals surface area contributed by atoms with Gasteiger partial charge in [-0.05, 0) is 17.5 Å². The van der Waals surface area contributed by atoms with Gasteiger partial charge in [-0.15, -0.1) is 0 Å². The molecule has 1 heterocycles. The molecule has 3 nitrogen and oxygen atoms in total. The molecule has 2 aromatic carbocycles. The lowest BCUT2D eigenvalue weighted by Gasteiger charge is -2.39. The van der Waals surface area contributed by atoms with Crippen molar-refractivity contribution in [2.45, 2.75) is 17.4 Å². The van der Waals surface area contributed by atoms with E-state index in [0.29, 0.717) is 6.61 Å². The average molecular weight is 300 g/mol. The summed E-state index contributed by atoms with van der Waals surface area (Å²) < 4.78 is 23.4. The fourth-order valence-electron chi connectivity index (χ4n) is 3.26. The van der Waals surface area contributed by atoms with E-state index in [4.69, 9.17) is 9.47 Å². The molecule has 21 heavy (non-hydrogen) atoms. The molecule has 1 atom stereocenters. The van der Waals surface area contributed by atoms with Crippen LogP contribution < -0.4 is 0 Å². The molecule has 1 fully saturated rings. The molecule has 1 aliphatic rings. The molecule has 0 saturated carbocycles. The summed E-state index contributed by atoms with van der Waals surface area (Å²) in [6, 6.07) is 20.1. The van der Waals surface area contributed by atoms with Crippen LogP contribution in [0.15, 0.2) is 60.7 Å². The van der Waals surface area contributed by atoms with E-state index >= 15 is 0 Å². The molecule has 0 spiro atoms. The van der Waals surface area contributed by atoms with Gasteiger partial charge < -0.3 is 9.47 Å². The van der Waals surface area contributed by atoms with Gasteiger partial charge in [0.25, 0.3) is 5.53 Å². The summed E-state index contributed by atoms with van der Waals surface area (Å²) in [5, 5.41) is 0. The Hall–Kier alpha value is -1.54. The van der Waals surface area contributed by atoms with Crippen LogP contribution in [0.2, 0.25) is 0 Å². The monoisotopic (exact) mass is 300 g/mol. The third kappa shape index (κ3) is 2.04. The standard InChI is InChI=1S/C17H17O3P/c1-19-17(21-18)16(12-13-20-17,14-8-4-2-5-9-14)15-10-6-3-7-11-15/h2-11H,12-13H2,1H3. The van der Waals surface area contributed by atoms with Crippen molar-refractivity contribution < 1.29 is 14.0 Å². The first-order chi connectivity index (χ1) is 10.3. The lowest BCUT2D eigenvalue weighted by atomic mass is 9.72. The highest BCUT2D eigenvalue weighted by molar-refractivity contribution is 7.25. The molecule has 1 aliphatic heterocycles. The minimum absolute atomic E-state index is 0.164. The van der Waals surface area contributed by atoms with Crippen LogP contribution in [-0.4, -0.2) is 19.2 Å². The van der Waals surface area contributed by atoms with Gasteiger partial charge in [0, 0.05) is 7.11 Å². The summed E-state index contributed by atoms with van der Waals surface area (Å²) >= 11 is 0. The van der Waals surface area contributed by atoms with Gasteiger partial charge in [0.15, 0.2) is 0 Å². The largest absolute Gasteiger partial charge is 0.343 e. The van der Waals surface area contributed by atoms with E-state index in [-0.39, 0.29) is 8.46 Å². The smallest absolute Gasteiger partial charge is 0.265 e. The second-order valence-corrected chi connectivity index (χ2v) is 5.88. The van der Waals surface area contributed by atoms with Crippen LogP contribution >= 0.6 is 8.46 Å². The number of ether oxygens (including phenoxy) is 2. The maximum Gasteiger partial charge on any atom is 0.265 e. The highest BCUT2D eigenvalue weighted by Gasteiger charge is 2.60. The van der Waals surface area contributed by atoms with Crippen molar-refractivity contribution >= 4 is 8.46 Å². The Kier molecular flexibility index (Phi) is 3.90. The maximum atomic E-state index is 12.0. The van der Waals surface area contributed by atoms with Crippen molar-refractivity contribution in [3.05, 3.63) is 71.8 Å². The summed E-state index contributed by atoms with van der Waals surface area (Å²) in [6.45, 7) is 0.507. The zero-order chi connectivity index (χ0) is 14.8. The molecular formula is C17H17O3P. The molecule has 108 valence electrons. The first kappa shape index (κ1) is 14.4. The van der Waals surface area contributed by atoms with Crippen molar-refractivity contribution in [1.82, 2.24) is 0 Å². The van der Waals surface area contributed by atoms with Crippen LogP contribution in [0.5, 0.6) is 0 Å². The lowest BCUT2D eigenvalue weighted by Crippen LogP contribution is -2.46. The summed E-state index contributed by atoms with van der Waals surface area (Å²) in [4.78, 5) is 0. The molecule has 0 radical (unpaired) electrons. The zero-order valence-electron chi connectivity index (χ0n) is 11.9. The SMILES string of the molecule is COC1(P=O)OCCC1(c1ccccc1)c1ccccc1. The first-order valence-electron chi connectivity index (χ1n) is 6.94. The van der Waals surface area contributed by atoms with Crippen LogP contribution in [0.25, 0.3) is 0 Å². The van der Waals surface area contributed by atoms with Crippen molar-refractivity contribution in [2.75, 3.05) is 13.7 Å². The second-order valence-electron chi connectivity index (χ2n) is 5.11. The van der Waals surface area contributed by atoms with E-state index in [9.17, 15) is 4.57 Å². The molecule has 1 unspecified atom stereocenters. The minimum atomic E-state index is -1.18. The van der Waals surface area contributed by atoms with Crippen molar-refractivity contribution in [3.8, 4) is 0 Å². The number of methoxy groups -OCH3 is 1. The number of benzene rings is 2. The zero-order valence-corrected chi connectivity index (χ0v) is 12.8. The molecule has 0 aliphatic carbocycles. The Labute approximate surface area is 126 Å². The quantitative estimate of drug-likeness (QED) is 0.801. The predicted molar refractivity (Wildman–Crippen MR) is 81.6 cm³/mol. The third-order valence-corrected chi connectivity index (χ3v) is 5.18. The van der Waals surface area contributed by atoms with Crippen LogP contribution in [0.4, 0.5) is 0 Å². The van der Waals surface area contributed by atoms with Gasteiger partial charge in [0.1, 0.15) is 0 Å². The Morgan fingerprint density at radius 3 is 1.95 bits per heavy atom. The van der Waals surface area contributed by atoms with E-state index in [1.807, 2.05) is 60.7 Å². The summed E-state index contributed by atoms with van der Waals surface area (Å²) in [5.74, 6) is 0. The average Bonchev–Trinajstić information content (AvgIpc) is 2.97. The van der Waals surface area contributed by atoms with Crippen molar-refractivity contribution in [1.29, 1.82) is 0 Å². The summed E-state index contributed by atoms with van der Waals surface area (Å²) in [5.41, 5.74) is 0.348. The van der Waals surface area contributed by atoms with Crippen molar-refractivity contribution in [3.63, 3.8) is 0 Å². The van der Waals surface area contributed by atoms with Crippen LogP contribution in [0.3, 0.4) is 0 Å². The van der Waals surface area contributed by atoms with Crippen molar-refractivity contribution in [2.24, 2.45) is 0 Å². The predicted octanol–water partition coefficient (Wildman–Crippen LogP) is 3.98. The lowest BCUT2D eigenvalue weighted by molar-refractivity contribution is -0.148. The van der Waals surface area contributed by atoms with Crippen LogP contribution in [0, 0.1) is 0 Å². The molecule has 0 amide bonds. The topological polar surface area (TPSA) is 35.5 Å². The second kappa shape index (κ2) is 5.69. The minimum Gasteiger partial charge on any atom is -0.343 e. The van der Waals surface area contributed by atoms with E-state index < -0.39 is 10.9 Å². The van der Waals surface area contributed by atoms with E-state index in [1.54, 1.807) is 7.11 Å². The van der Waals surface area contributed by atoms with Gasteiger partial charge in [-0.1, -0.05) is 60.7 Å². The van der Waals surface area contributed by atoms with Gasteiger partial charge in [-0.25, -0.2) is 0 Å².